The van der Waals surface area contributed by atoms with Crippen LogP contribution in [-0.2, 0) is 0 Å². The van der Waals surface area contributed by atoms with Crippen molar-refractivity contribution in [3.8, 4) is 0 Å². The van der Waals surface area contributed by atoms with Crippen LogP contribution in [0.2, 0.25) is 0 Å². The minimum atomic E-state index is 0.363. The highest BCUT2D eigenvalue weighted by molar-refractivity contribution is 4.97. The number of aliphatic hydroxyl groups is 1. The van der Waals surface area contributed by atoms with Crippen molar-refractivity contribution in [3.63, 3.8) is 0 Å². The van der Waals surface area contributed by atoms with Gasteiger partial charge in [-0.05, 0) is 62.2 Å². The summed E-state index contributed by atoms with van der Waals surface area (Å²) in [6.45, 7) is 6.14. The molecular formula is C15H29NO. The van der Waals surface area contributed by atoms with E-state index in [-0.39, 0.29) is 0 Å². The van der Waals surface area contributed by atoms with Crippen LogP contribution in [0, 0.1) is 17.3 Å². The molecule has 2 saturated carbocycles. The summed E-state index contributed by atoms with van der Waals surface area (Å²) in [7, 11) is 0. The molecule has 0 radical (unpaired) electrons. The first-order valence-electron chi connectivity index (χ1n) is 7.49. The third kappa shape index (κ3) is 4.26. The molecule has 100 valence electrons. The van der Waals surface area contributed by atoms with Gasteiger partial charge < -0.3 is 10.4 Å². The first kappa shape index (κ1) is 13.4. The second-order valence-corrected chi connectivity index (χ2v) is 6.77. The summed E-state index contributed by atoms with van der Waals surface area (Å²) in [5, 5.41) is 12.9. The zero-order valence-corrected chi connectivity index (χ0v) is 11.5. The Bertz CT molecular complexity index is 231. The third-order valence-electron chi connectivity index (χ3n) is 4.58. The Kier molecular flexibility index (Phi) is 4.48. The van der Waals surface area contributed by atoms with Crippen molar-refractivity contribution in [3.05, 3.63) is 0 Å². The van der Waals surface area contributed by atoms with Crippen LogP contribution in [0.15, 0.2) is 0 Å². The van der Waals surface area contributed by atoms with E-state index in [1.54, 1.807) is 0 Å². The lowest BCUT2D eigenvalue weighted by atomic mass is 9.98. The Balaban J connectivity index is 1.70. The topological polar surface area (TPSA) is 32.3 Å². The summed E-state index contributed by atoms with van der Waals surface area (Å²) in [4.78, 5) is 0. The molecule has 0 spiro atoms. The van der Waals surface area contributed by atoms with E-state index in [0.717, 1.165) is 30.8 Å². The Morgan fingerprint density at radius 2 is 1.94 bits per heavy atom. The highest BCUT2D eigenvalue weighted by atomic mass is 16.3. The van der Waals surface area contributed by atoms with E-state index in [4.69, 9.17) is 5.11 Å². The predicted octanol–water partition coefficient (Wildman–Crippen LogP) is 2.95. The molecule has 2 aliphatic rings. The van der Waals surface area contributed by atoms with E-state index in [0.29, 0.717) is 12.0 Å². The lowest BCUT2D eigenvalue weighted by Gasteiger charge is -2.23. The van der Waals surface area contributed by atoms with E-state index in [9.17, 15) is 0 Å². The Labute approximate surface area is 106 Å². The fourth-order valence-electron chi connectivity index (χ4n) is 2.79. The normalized spacial score (nSPS) is 24.0. The highest BCUT2D eigenvalue weighted by Gasteiger charge is 2.42. The van der Waals surface area contributed by atoms with Crippen LogP contribution in [0.1, 0.15) is 58.8 Å². The molecule has 0 bridgehead atoms. The van der Waals surface area contributed by atoms with Gasteiger partial charge in [0, 0.05) is 19.2 Å². The van der Waals surface area contributed by atoms with Crippen LogP contribution in [0.4, 0.5) is 0 Å². The second kappa shape index (κ2) is 5.71. The van der Waals surface area contributed by atoms with Crippen LogP contribution < -0.4 is 5.32 Å². The summed E-state index contributed by atoms with van der Waals surface area (Å²) in [5.41, 5.74) is 0.472. The molecule has 2 heteroatoms. The summed E-state index contributed by atoms with van der Waals surface area (Å²) in [6.07, 6.45) is 9.20. The number of rotatable bonds is 9. The van der Waals surface area contributed by atoms with E-state index in [2.05, 4.69) is 19.2 Å². The van der Waals surface area contributed by atoms with Crippen LogP contribution in [-0.4, -0.2) is 24.3 Å². The first-order valence-corrected chi connectivity index (χ1v) is 7.49. The number of aliphatic hydroxyl groups excluding tert-OH is 1. The van der Waals surface area contributed by atoms with Gasteiger partial charge in [-0.25, -0.2) is 0 Å². The van der Waals surface area contributed by atoms with E-state index in [1.165, 1.54) is 38.5 Å². The first-order chi connectivity index (χ1) is 8.15. The number of hydrogen-bond acceptors (Lipinski definition) is 2. The van der Waals surface area contributed by atoms with Crippen LogP contribution in [0.25, 0.3) is 0 Å². The van der Waals surface area contributed by atoms with Crippen LogP contribution in [0.3, 0.4) is 0 Å². The molecule has 0 aromatic heterocycles. The SMILES string of the molecule is CC(C)CCC(NCC1(CCO)CC1)C1CC1. The van der Waals surface area contributed by atoms with Gasteiger partial charge in [-0.1, -0.05) is 13.8 Å². The average Bonchev–Trinajstić information content (AvgIpc) is 3.12. The summed E-state index contributed by atoms with van der Waals surface area (Å²) in [5.74, 6) is 1.78. The van der Waals surface area contributed by atoms with E-state index < -0.39 is 0 Å². The molecule has 1 unspecified atom stereocenters. The molecule has 2 rings (SSSR count). The molecule has 1 atom stereocenters. The predicted molar refractivity (Wildman–Crippen MR) is 72.0 cm³/mol. The monoisotopic (exact) mass is 239 g/mol. The van der Waals surface area contributed by atoms with Gasteiger partial charge in [0.05, 0.1) is 0 Å². The van der Waals surface area contributed by atoms with Crippen molar-refractivity contribution >= 4 is 0 Å². The number of hydrogen-bond donors (Lipinski definition) is 2. The summed E-state index contributed by atoms with van der Waals surface area (Å²) < 4.78 is 0. The van der Waals surface area contributed by atoms with Crippen LogP contribution >= 0.6 is 0 Å². The van der Waals surface area contributed by atoms with Crippen molar-refractivity contribution in [1.82, 2.24) is 5.32 Å². The molecule has 0 aromatic rings. The maximum atomic E-state index is 9.08. The fourth-order valence-corrected chi connectivity index (χ4v) is 2.79. The van der Waals surface area contributed by atoms with Gasteiger partial charge >= 0.3 is 0 Å². The van der Waals surface area contributed by atoms with Crippen molar-refractivity contribution in [1.29, 1.82) is 0 Å². The minimum Gasteiger partial charge on any atom is -0.396 e. The van der Waals surface area contributed by atoms with Crippen molar-refractivity contribution < 1.29 is 5.11 Å². The van der Waals surface area contributed by atoms with Crippen molar-refractivity contribution in [2.75, 3.05) is 13.2 Å². The minimum absolute atomic E-state index is 0.363. The Morgan fingerprint density at radius 1 is 1.24 bits per heavy atom. The molecule has 2 fully saturated rings. The molecule has 0 amide bonds. The summed E-state index contributed by atoms with van der Waals surface area (Å²) in [6, 6.07) is 0.758. The quantitative estimate of drug-likeness (QED) is 0.648. The maximum absolute atomic E-state index is 9.08. The smallest absolute Gasteiger partial charge is 0.0436 e. The molecule has 2 N–H and O–H groups in total. The average molecular weight is 239 g/mol. The molecule has 0 saturated heterocycles. The van der Waals surface area contributed by atoms with Crippen LogP contribution in [0.5, 0.6) is 0 Å². The standard InChI is InChI=1S/C15H29NO/c1-12(2)3-6-14(13-4-5-13)16-11-15(7-8-15)9-10-17/h12-14,16-17H,3-11H2,1-2H3. The number of nitrogens with one attached hydrogen (secondary N) is 1. The highest BCUT2D eigenvalue weighted by Crippen LogP contribution is 2.48. The largest absolute Gasteiger partial charge is 0.396 e. The van der Waals surface area contributed by atoms with Crippen molar-refractivity contribution in [2.24, 2.45) is 17.3 Å². The molecular weight excluding hydrogens is 210 g/mol. The molecule has 0 aliphatic heterocycles. The van der Waals surface area contributed by atoms with E-state index in [1.807, 2.05) is 0 Å². The summed E-state index contributed by atoms with van der Waals surface area (Å²) >= 11 is 0. The maximum Gasteiger partial charge on any atom is 0.0436 e. The lowest BCUT2D eigenvalue weighted by molar-refractivity contribution is 0.238. The fraction of sp³-hybridized carbons (Fsp3) is 1.00. The lowest BCUT2D eigenvalue weighted by Crippen LogP contribution is -2.36. The van der Waals surface area contributed by atoms with Crippen molar-refractivity contribution in [2.45, 2.75) is 64.8 Å². The van der Waals surface area contributed by atoms with Gasteiger partial charge in [0.15, 0.2) is 0 Å². The molecule has 17 heavy (non-hydrogen) atoms. The zero-order valence-electron chi connectivity index (χ0n) is 11.5. The van der Waals surface area contributed by atoms with Gasteiger partial charge in [0.2, 0.25) is 0 Å². The van der Waals surface area contributed by atoms with Gasteiger partial charge in [-0.2, -0.15) is 0 Å². The van der Waals surface area contributed by atoms with Gasteiger partial charge in [0.1, 0.15) is 0 Å². The van der Waals surface area contributed by atoms with E-state index >= 15 is 0 Å². The molecule has 0 aromatic carbocycles. The third-order valence-corrected chi connectivity index (χ3v) is 4.58. The van der Waals surface area contributed by atoms with Gasteiger partial charge in [0.25, 0.3) is 0 Å². The molecule has 0 heterocycles. The Morgan fingerprint density at radius 3 is 2.41 bits per heavy atom. The van der Waals surface area contributed by atoms with Gasteiger partial charge in [-0.15, -0.1) is 0 Å². The zero-order chi connectivity index (χ0) is 12.3. The Hall–Kier alpha value is -0.0800. The molecule has 2 aliphatic carbocycles. The molecule has 2 nitrogen and oxygen atoms in total. The van der Waals surface area contributed by atoms with Gasteiger partial charge in [-0.3, -0.25) is 0 Å². The second-order valence-electron chi connectivity index (χ2n) is 6.77.